The van der Waals surface area contributed by atoms with Gasteiger partial charge in [0.15, 0.2) is 0 Å². The summed E-state index contributed by atoms with van der Waals surface area (Å²) in [6.07, 6.45) is 2.80. The van der Waals surface area contributed by atoms with Crippen LogP contribution in [0.2, 0.25) is 0 Å². The van der Waals surface area contributed by atoms with Gasteiger partial charge < -0.3 is 10.0 Å². The summed E-state index contributed by atoms with van der Waals surface area (Å²) in [6.45, 7) is 2.19. The van der Waals surface area contributed by atoms with Gasteiger partial charge in [-0.25, -0.2) is 0 Å². The van der Waals surface area contributed by atoms with Crippen LogP contribution in [0.25, 0.3) is 0 Å². The molecule has 0 radical (unpaired) electrons. The first-order chi connectivity index (χ1) is 10.6. The Hall–Kier alpha value is -1.88. The average molecular weight is 302 g/mol. The molecule has 1 aromatic carbocycles. The minimum atomic E-state index is -0.752. The average Bonchev–Trinajstić information content (AvgIpc) is 3.24. The lowest BCUT2D eigenvalue weighted by molar-refractivity contribution is -0.141. The van der Waals surface area contributed by atoms with E-state index in [0.717, 1.165) is 18.4 Å². The number of benzene rings is 1. The Balaban J connectivity index is 1.58. The minimum Gasteiger partial charge on any atom is -0.481 e. The van der Waals surface area contributed by atoms with Crippen molar-refractivity contribution in [3.05, 3.63) is 35.9 Å². The maximum Gasteiger partial charge on any atom is 0.307 e. The van der Waals surface area contributed by atoms with Crippen LogP contribution >= 0.6 is 0 Å². The highest BCUT2D eigenvalue weighted by Crippen LogP contribution is 2.29. The van der Waals surface area contributed by atoms with Crippen LogP contribution in [0.4, 0.5) is 0 Å². The zero-order valence-electron chi connectivity index (χ0n) is 12.6. The van der Waals surface area contributed by atoms with Crippen LogP contribution in [-0.2, 0) is 16.1 Å². The Morgan fingerprint density at radius 1 is 1.18 bits per heavy atom. The predicted molar refractivity (Wildman–Crippen MR) is 82.2 cm³/mol. The maximum absolute atomic E-state index is 12.6. The Bertz CT molecular complexity index is 542. The van der Waals surface area contributed by atoms with E-state index in [0.29, 0.717) is 38.6 Å². The number of nitrogens with zero attached hydrogens (tertiary/aromatic N) is 2. The topological polar surface area (TPSA) is 60.9 Å². The smallest absolute Gasteiger partial charge is 0.307 e. The van der Waals surface area contributed by atoms with Gasteiger partial charge in [-0.15, -0.1) is 0 Å². The monoisotopic (exact) mass is 302 g/mol. The normalized spacial score (nSPS) is 21.7. The third-order valence-corrected chi connectivity index (χ3v) is 4.48. The fourth-order valence-electron chi connectivity index (χ4n) is 3.05. The van der Waals surface area contributed by atoms with Crippen LogP contribution < -0.4 is 0 Å². The van der Waals surface area contributed by atoms with Crippen LogP contribution in [-0.4, -0.2) is 52.5 Å². The van der Waals surface area contributed by atoms with Crippen molar-refractivity contribution in [2.75, 3.05) is 19.6 Å². The minimum absolute atomic E-state index is 0.123. The van der Waals surface area contributed by atoms with Crippen LogP contribution in [0, 0.1) is 5.92 Å². The molecule has 2 aliphatic rings. The van der Waals surface area contributed by atoms with Crippen molar-refractivity contribution < 1.29 is 14.7 Å². The molecule has 1 aliphatic heterocycles. The molecule has 1 saturated heterocycles. The van der Waals surface area contributed by atoms with Crippen molar-refractivity contribution >= 4 is 11.9 Å². The lowest BCUT2D eigenvalue weighted by Gasteiger charge is -2.25. The first-order valence-corrected chi connectivity index (χ1v) is 7.92. The van der Waals surface area contributed by atoms with Crippen molar-refractivity contribution in [2.24, 2.45) is 5.92 Å². The molecule has 1 saturated carbocycles. The second kappa shape index (κ2) is 6.48. The van der Waals surface area contributed by atoms with Crippen LogP contribution in [0.1, 0.15) is 24.8 Å². The number of carbonyl (C=O) groups excluding carboxylic acids is 1. The number of likely N-dealkylation sites (tertiary alicyclic amines) is 1. The number of aliphatic carboxylic acids is 1. The third-order valence-electron chi connectivity index (χ3n) is 4.48. The highest BCUT2D eigenvalue weighted by molar-refractivity contribution is 5.79. The maximum atomic E-state index is 12.6. The molecule has 1 atom stereocenters. The van der Waals surface area contributed by atoms with Gasteiger partial charge in [0.2, 0.25) is 5.91 Å². The van der Waals surface area contributed by atoms with E-state index in [-0.39, 0.29) is 11.8 Å². The van der Waals surface area contributed by atoms with Crippen molar-refractivity contribution in [2.45, 2.75) is 31.8 Å². The second-order valence-electron chi connectivity index (χ2n) is 6.30. The molecule has 3 rings (SSSR count). The zero-order valence-corrected chi connectivity index (χ0v) is 12.6. The summed E-state index contributed by atoms with van der Waals surface area (Å²) >= 11 is 0. The standard InChI is InChI=1S/C17H22N2O3/c20-16(12-18-9-8-14(11-18)17(21)22)19(15-6-7-15)10-13-4-2-1-3-5-13/h1-5,14-15H,6-12H2,(H,21,22). The Kier molecular flexibility index (Phi) is 4.43. The van der Waals surface area contributed by atoms with Crippen molar-refractivity contribution in [3.63, 3.8) is 0 Å². The van der Waals surface area contributed by atoms with Gasteiger partial charge in [0.1, 0.15) is 0 Å². The van der Waals surface area contributed by atoms with Gasteiger partial charge in [-0.2, -0.15) is 0 Å². The van der Waals surface area contributed by atoms with E-state index >= 15 is 0 Å². The van der Waals surface area contributed by atoms with Gasteiger partial charge >= 0.3 is 5.97 Å². The molecule has 118 valence electrons. The number of carboxylic acids is 1. The highest BCUT2D eigenvalue weighted by Gasteiger charge is 2.35. The fraction of sp³-hybridized carbons (Fsp3) is 0.529. The third kappa shape index (κ3) is 3.65. The van der Waals surface area contributed by atoms with E-state index in [1.54, 1.807) is 0 Å². The fourth-order valence-corrected chi connectivity index (χ4v) is 3.05. The predicted octanol–water partition coefficient (Wildman–Crippen LogP) is 1.58. The number of hydrogen-bond donors (Lipinski definition) is 1. The first-order valence-electron chi connectivity index (χ1n) is 7.92. The molecule has 5 nitrogen and oxygen atoms in total. The SMILES string of the molecule is O=C(O)C1CCN(CC(=O)N(Cc2ccccc2)C2CC2)C1. The summed E-state index contributed by atoms with van der Waals surface area (Å²) < 4.78 is 0. The molecule has 0 spiro atoms. The largest absolute Gasteiger partial charge is 0.481 e. The van der Waals surface area contributed by atoms with E-state index < -0.39 is 5.97 Å². The van der Waals surface area contributed by atoms with E-state index in [1.165, 1.54) is 0 Å². The molecule has 0 aromatic heterocycles. The van der Waals surface area contributed by atoms with Gasteiger partial charge in [-0.1, -0.05) is 30.3 Å². The summed E-state index contributed by atoms with van der Waals surface area (Å²) in [5.41, 5.74) is 1.15. The van der Waals surface area contributed by atoms with Gasteiger partial charge in [-0.05, 0) is 31.4 Å². The molecule has 1 aliphatic carbocycles. The van der Waals surface area contributed by atoms with Crippen molar-refractivity contribution in [1.29, 1.82) is 0 Å². The molecule has 2 fully saturated rings. The van der Waals surface area contributed by atoms with Crippen molar-refractivity contribution in [1.82, 2.24) is 9.80 Å². The van der Waals surface area contributed by atoms with Gasteiger partial charge in [-0.3, -0.25) is 14.5 Å². The molecular weight excluding hydrogens is 280 g/mol. The molecule has 1 amide bonds. The molecule has 1 heterocycles. The van der Waals surface area contributed by atoms with Gasteiger partial charge in [0, 0.05) is 19.1 Å². The molecule has 1 N–H and O–H groups in total. The Morgan fingerprint density at radius 3 is 2.50 bits per heavy atom. The lowest BCUT2D eigenvalue weighted by Crippen LogP contribution is -2.40. The molecule has 0 bridgehead atoms. The summed E-state index contributed by atoms with van der Waals surface area (Å²) in [5.74, 6) is -0.952. The van der Waals surface area contributed by atoms with E-state index in [1.807, 2.05) is 40.1 Å². The summed E-state index contributed by atoms with van der Waals surface area (Å²) in [4.78, 5) is 27.5. The first kappa shape index (κ1) is 15.0. The summed E-state index contributed by atoms with van der Waals surface area (Å²) in [5, 5.41) is 9.05. The quantitative estimate of drug-likeness (QED) is 0.867. The molecule has 1 unspecified atom stereocenters. The molecule has 22 heavy (non-hydrogen) atoms. The number of amides is 1. The Morgan fingerprint density at radius 2 is 1.91 bits per heavy atom. The Labute approximate surface area is 130 Å². The van der Waals surface area contributed by atoms with Crippen LogP contribution in [0.3, 0.4) is 0 Å². The second-order valence-corrected chi connectivity index (χ2v) is 6.30. The molecular formula is C17H22N2O3. The zero-order chi connectivity index (χ0) is 15.5. The highest BCUT2D eigenvalue weighted by atomic mass is 16.4. The lowest BCUT2D eigenvalue weighted by atomic mass is 10.1. The number of carbonyl (C=O) groups is 2. The molecule has 1 aromatic rings. The van der Waals surface area contributed by atoms with E-state index in [9.17, 15) is 9.59 Å². The van der Waals surface area contributed by atoms with Gasteiger partial charge in [0.25, 0.3) is 0 Å². The van der Waals surface area contributed by atoms with Crippen LogP contribution in [0.15, 0.2) is 30.3 Å². The number of rotatable bonds is 6. The summed E-state index contributed by atoms with van der Waals surface area (Å²) in [7, 11) is 0. The number of hydrogen-bond acceptors (Lipinski definition) is 3. The van der Waals surface area contributed by atoms with Crippen LogP contribution in [0.5, 0.6) is 0 Å². The summed E-state index contributed by atoms with van der Waals surface area (Å²) in [6, 6.07) is 10.4. The van der Waals surface area contributed by atoms with Crippen molar-refractivity contribution in [3.8, 4) is 0 Å². The van der Waals surface area contributed by atoms with E-state index in [2.05, 4.69) is 0 Å². The van der Waals surface area contributed by atoms with E-state index in [4.69, 9.17) is 5.11 Å². The number of carboxylic acid groups (broad SMARTS) is 1. The van der Waals surface area contributed by atoms with Gasteiger partial charge in [0.05, 0.1) is 12.5 Å². The molecule has 5 heteroatoms.